The van der Waals surface area contributed by atoms with Crippen LogP contribution in [-0.4, -0.2) is 37.5 Å². The molecule has 0 spiro atoms. The smallest absolute Gasteiger partial charge is 0.472 e. The molecule has 0 aliphatic rings. The van der Waals surface area contributed by atoms with Crippen LogP contribution in [0.3, 0.4) is 0 Å². The minimum atomic E-state index is -5.04. The van der Waals surface area contributed by atoms with Gasteiger partial charge in [0.2, 0.25) is 11.8 Å². The van der Waals surface area contributed by atoms with Gasteiger partial charge in [-0.3, -0.25) is 0 Å². The van der Waals surface area contributed by atoms with E-state index in [1.54, 1.807) is 0 Å². The fraction of sp³-hybridized carbons (Fsp3) is 0.238. The molecule has 0 fully saturated rings. The van der Waals surface area contributed by atoms with Gasteiger partial charge in [0.05, 0.1) is 12.4 Å². The van der Waals surface area contributed by atoms with E-state index < -0.39 is 29.4 Å². The molecule has 8 nitrogen and oxygen atoms in total. The minimum absolute atomic E-state index is 0.0206. The number of benzene rings is 1. The second-order valence-electron chi connectivity index (χ2n) is 7.06. The number of ether oxygens (including phenoxy) is 2. The van der Waals surface area contributed by atoms with Crippen molar-refractivity contribution in [2.45, 2.75) is 31.2 Å². The molecule has 2 N–H and O–H groups in total. The maximum Gasteiger partial charge on any atom is 0.512 e. The van der Waals surface area contributed by atoms with E-state index in [0.717, 1.165) is 30.7 Å². The number of pyridine rings is 1. The van der Waals surface area contributed by atoms with Gasteiger partial charge in [0.1, 0.15) is 11.8 Å². The quantitative estimate of drug-likeness (QED) is 0.317. The van der Waals surface area contributed by atoms with Crippen molar-refractivity contribution in [2.75, 3.05) is 0 Å². The van der Waals surface area contributed by atoms with Gasteiger partial charge in [-0.1, -0.05) is 42.3 Å². The summed E-state index contributed by atoms with van der Waals surface area (Å²) in [5.41, 5.74) is -3.20. The highest BCUT2D eigenvalue weighted by atomic mass is 35.5. The number of halogens is 5. The van der Waals surface area contributed by atoms with E-state index in [1.165, 1.54) is 25.1 Å². The summed E-state index contributed by atoms with van der Waals surface area (Å²) in [6, 6.07) is 6.25. The normalized spacial score (nSPS) is 14.2. The first-order valence-corrected chi connectivity index (χ1v) is 10.2. The molecule has 180 valence electrons. The summed E-state index contributed by atoms with van der Waals surface area (Å²) < 4.78 is 51.9. The fourth-order valence-corrected chi connectivity index (χ4v) is 3.75. The molecule has 2 atom stereocenters. The van der Waals surface area contributed by atoms with Gasteiger partial charge in [-0.15, -0.1) is 0 Å². The summed E-state index contributed by atoms with van der Waals surface area (Å²) in [5.74, 6) is -1.69. The first kappa shape index (κ1) is 25.5. The van der Waals surface area contributed by atoms with Gasteiger partial charge < -0.3 is 19.7 Å². The number of hydrogen-bond acceptors (Lipinski definition) is 7. The van der Waals surface area contributed by atoms with Crippen LogP contribution in [0.2, 0.25) is 10.2 Å². The maximum atomic E-state index is 14.0. The lowest BCUT2D eigenvalue weighted by Gasteiger charge is -2.37. The van der Waals surface area contributed by atoms with Gasteiger partial charge in [-0.25, -0.2) is 19.7 Å². The average molecular weight is 518 g/mol. The monoisotopic (exact) mass is 517 g/mol. The second kappa shape index (κ2) is 10.00. The highest BCUT2D eigenvalue weighted by Crippen LogP contribution is 2.50. The van der Waals surface area contributed by atoms with Crippen LogP contribution in [0.25, 0.3) is 0 Å². The molecule has 0 aliphatic heterocycles. The van der Waals surface area contributed by atoms with Crippen molar-refractivity contribution in [3.05, 3.63) is 75.8 Å². The van der Waals surface area contributed by atoms with Crippen LogP contribution in [0, 0.1) is 0 Å². The fourth-order valence-electron chi connectivity index (χ4n) is 3.21. The van der Waals surface area contributed by atoms with Gasteiger partial charge in [0, 0.05) is 17.1 Å². The van der Waals surface area contributed by atoms with Gasteiger partial charge in [-0.2, -0.15) is 13.2 Å². The van der Waals surface area contributed by atoms with E-state index in [-0.39, 0.29) is 34.1 Å². The molecular formula is C21H16Cl2F3N3O5. The SMILES string of the molecule is CC(c1ccc(COc2cnc(OC(=O)O)cn2)cc1Cl)C(O)(c1ccnc(Cl)c1)C(F)(F)F. The molecule has 0 radical (unpaired) electrons. The van der Waals surface area contributed by atoms with E-state index in [0.29, 0.717) is 5.56 Å². The number of carbonyl (C=O) groups is 1. The number of aliphatic hydroxyl groups is 1. The lowest BCUT2D eigenvalue weighted by atomic mass is 9.78. The van der Waals surface area contributed by atoms with Crippen molar-refractivity contribution < 1.29 is 37.7 Å². The summed E-state index contributed by atoms with van der Waals surface area (Å²) in [5, 5.41) is 19.1. The Labute approximate surface area is 200 Å². The van der Waals surface area contributed by atoms with Crippen LogP contribution >= 0.6 is 23.2 Å². The molecule has 0 bridgehead atoms. The number of hydrogen-bond donors (Lipinski definition) is 2. The van der Waals surface area contributed by atoms with Crippen molar-refractivity contribution >= 4 is 29.4 Å². The van der Waals surface area contributed by atoms with Crippen molar-refractivity contribution in [1.82, 2.24) is 15.0 Å². The minimum Gasteiger partial charge on any atom is -0.472 e. The third-order valence-electron chi connectivity index (χ3n) is 4.94. The van der Waals surface area contributed by atoms with Crippen LogP contribution in [0.5, 0.6) is 11.8 Å². The van der Waals surface area contributed by atoms with Crippen LogP contribution in [0.4, 0.5) is 18.0 Å². The highest BCUT2D eigenvalue weighted by molar-refractivity contribution is 6.31. The van der Waals surface area contributed by atoms with Gasteiger partial charge in [0.25, 0.3) is 0 Å². The number of nitrogens with zero attached hydrogens (tertiary/aromatic N) is 3. The Morgan fingerprint density at radius 1 is 1.09 bits per heavy atom. The third kappa shape index (κ3) is 5.49. The molecule has 1 aromatic carbocycles. The molecule has 0 amide bonds. The largest absolute Gasteiger partial charge is 0.512 e. The molecule has 0 saturated carbocycles. The zero-order chi connectivity index (χ0) is 25.1. The highest BCUT2D eigenvalue weighted by Gasteiger charge is 2.59. The zero-order valence-electron chi connectivity index (χ0n) is 17.3. The van der Waals surface area contributed by atoms with Gasteiger partial charge in [0.15, 0.2) is 5.60 Å². The van der Waals surface area contributed by atoms with Crippen LogP contribution < -0.4 is 9.47 Å². The first-order chi connectivity index (χ1) is 15.9. The van der Waals surface area contributed by atoms with E-state index in [1.807, 2.05) is 0 Å². The molecule has 0 aliphatic carbocycles. The van der Waals surface area contributed by atoms with Crippen LogP contribution in [-0.2, 0) is 12.2 Å². The summed E-state index contributed by atoms with van der Waals surface area (Å²) in [4.78, 5) is 21.7. The predicted molar refractivity (Wildman–Crippen MR) is 114 cm³/mol. The first-order valence-electron chi connectivity index (χ1n) is 9.47. The van der Waals surface area contributed by atoms with Crippen molar-refractivity contribution in [3.8, 4) is 11.8 Å². The Kier molecular flexibility index (Phi) is 7.49. The molecule has 2 unspecified atom stereocenters. The summed E-state index contributed by atoms with van der Waals surface area (Å²) in [6.07, 6.45) is -3.33. The summed E-state index contributed by atoms with van der Waals surface area (Å²) in [7, 11) is 0. The molecule has 13 heteroatoms. The van der Waals surface area contributed by atoms with Gasteiger partial charge in [-0.05, 0) is 34.9 Å². The van der Waals surface area contributed by atoms with E-state index in [9.17, 15) is 23.1 Å². The van der Waals surface area contributed by atoms with Crippen molar-refractivity contribution in [3.63, 3.8) is 0 Å². The standard InChI is InChI=1S/C21H16Cl2F3N3O5/c1-11(20(32,21(24,25)26)13-4-5-27-16(23)7-13)14-3-2-12(6-15(14)22)10-33-17-8-29-18(9-28-17)34-19(30)31/h2-9,11,32H,10H2,1H3,(H,30,31). The average Bonchev–Trinajstić information content (AvgIpc) is 2.76. The molecule has 3 aromatic rings. The van der Waals surface area contributed by atoms with Gasteiger partial charge >= 0.3 is 12.3 Å². The van der Waals surface area contributed by atoms with E-state index in [4.69, 9.17) is 33.0 Å². The Bertz CT molecular complexity index is 1180. The summed E-state index contributed by atoms with van der Waals surface area (Å²) >= 11 is 12.0. The van der Waals surface area contributed by atoms with E-state index in [2.05, 4.69) is 19.7 Å². The molecular weight excluding hydrogens is 502 g/mol. The summed E-state index contributed by atoms with van der Waals surface area (Å²) in [6.45, 7) is 1.14. The lowest BCUT2D eigenvalue weighted by Crippen LogP contribution is -2.46. The number of alkyl halides is 3. The maximum absolute atomic E-state index is 14.0. The number of aromatic nitrogens is 3. The lowest BCUT2D eigenvalue weighted by molar-refractivity contribution is -0.274. The Morgan fingerprint density at radius 2 is 1.76 bits per heavy atom. The number of carboxylic acid groups (broad SMARTS) is 1. The topological polar surface area (TPSA) is 115 Å². The van der Waals surface area contributed by atoms with E-state index >= 15 is 0 Å². The Hall–Kier alpha value is -3.15. The molecule has 34 heavy (non-hydrogen) atoms. The van der Waals surface area contributed by atoms with Crippen LogP contribution in [0.15, 0.2) is 48.9 Å². The predicted octanol–water partition coefficient (Wildman–Crippen LogP) is 5.37. The van der Waals surface area contributed by atoms with Crippen molar-refractivity contribution in [1.29, 1.82) is 0 Å². The second-order valence-corrected chi connectivity index (χ2v) is 7.85. The van der Waals surface area contributed by atoms with Crippen molar-refractivity contribution in [2.24, 2.45) is 0 Å². The zero-order valence-corrected chi connectivity index (χ0v) is 18.8. The third-order valence-corrected chi connectivity index (χ3v) is 5.47. The molecule has 2 aromatic heterocycles. The van der Waals surface area contributed by atoms with Crippen LogP contribution in [0.1, 0.15) is 29.5 Å². The Morgan fingerprint density at radius 3 is 2.32 bits per heavy atom. The number of rotatable bonds is 7. The molecule has 3 rings (SSSR count). The molecule has 2 heterocycles. The molecule has 0 saturated heterocycles. The Balaban J connectivity index is 1.81.